The molecule has 1 fully saturated rings. The summed E-state index contributed by atoms with van der Waals surface area (Å²) in [6, 6.07) is 21.1. The monoisotopic (exact) mass is 385 g/mol. The molecule has 1 saturated carbocycles. The molecule has 3 aromatic rings. The first-order valence-corrected chi connectivity index (χ1v) is 10.8. The zero-order chi connectivity index (χ0) is 19.6. The summed E-state index contributed by atoms with van der Waals surface area (Å²) in [5.41, 5.74) is 3.84. The van der Waals surface area contributed by atoms with Crippen LogP contribution in [-0.4, -0.2) is 12.5 Å². The maximum atomic E-state index is 12.3. The highest BCUT2D eigenvalue weighted by Gasteiger charge is 2.27. The summed E-state index contributed by atoms with van der Waals surface area (Å²) in [4.78, 5) is 12.3. The molecular weight excluding hydrogens is 358 g/mol. The molecule has 3 nitrogen and oxygen atoms in total. The fourth-order valence-electron chi connectivity index (χ4n) is 4.64. The van der Waals surface area contributed by atoms with Gasteiger partial charge in [0.05, 0.1) is 0 Å². The lowest BCUT2D eigenvalue weighted by Gasteiger charge is -2.29. The lowest BCUT2D eigenvalue weighted by molar-refractivity contribution is -0.127. The molecule has 2 aliphatic rings. The minimum Gasteiger partial charge on any atom is -0.489 e. The maximum absolute atomic E-state index is 12.3. The van der Waals surface area contributed by atoms with Gasteiger partial charge in [0.1, 0.15) is 12.4 Å². The van der Waals surface area contributed by atoms with Crippen LogP contribution in [-0.2, 0) is 24.2 Å². The van der Waals surface area contributed by atoms with Crippen LogP contribution in [0, 0.1) is 11.8 Å². The number of hydrogen-bond donors (Lipinski definition) is 1. The molecule has 3 heteroatoms. The Morgan fingerprint density at radius 2 is 1.83 bits per heavy atom. The lowest BCUT2D eigenvalue weighted by Crippen LogP contribution is -2.38. The first-order chi connectivity index (χ1) is 14.3. The Kier molecular flexibility index (Phi) is 4.97. The Labute approximate surface area is 172 Å². The van der Waals surface area contributed by atoms with Crippen LogP contribution >= 0.6 is 0 Å². The Morgan fingerprint density at radius 3 is 2.62 bits per heavy atom. The van der Waals surface area contributed by atoms with Gasteiger partial charge < -0.3 is 10.1 Å². The van der Waals surface area contributed by atoms with E-state index < -0.39 is 0 Å². The van der Waals surface area contributed by atoms with E-state index >= 15 is 0 Å². The number of benzene rings is 3. The fraction of sp³-hybridized carbons (Fsp3) is 0.346. The number of hydrogen-bond acceptors (Lipinski definition) is 2. The van der Waals surface area contributed by atoms with Crippen LogP contribution in [0.5, 0.6) is 5.75 Å². The van der Waals surface area contributed by atoms with E-state index in [0.717, 1.165) is 38.0 Å². The Hall–Kier alpha value is -2.81. The molecule has 1 amide bonds. The number of rotatable bonds is 6. The summed E-state index contributed by atoms with van der Waals surface area (Å²) in [5.74, 6) is 1.88. The van der Waals surface area contributed by atoms with Gasteiger partial charge in [-0.05, 0) is 59.6 Å². The summed E-state index contributed by atoms with van der Waals surface area (Å²) >= 11 is 0. The number of amides is 1. The molecule has 29 heavy (non-hydrogen) atoms. The van der Waals surface area contributed by atoms with Crippen LogP contribution in [0.3, 0.4) is 0 Å². The predicted octanol–water partition coefficient (Wildman–Crippen LogP) is 5.05. The van der Waals surface area contributed by atoms with Crippen LogP contribution in [0.4, 0.5) is 0 Å². The second-order valence-corrected chi connectivity index (χ2v) is 8.48. The molecule has 1 unspecified atom stereocenters. The third-order valence-electron chi connectivity index (χ3n) is 6.48. The predicted molar refractivity (Wildman–Crippen MR) is 116 cm³/mol. The smallest absolute Gasteiger partial charge is 0.223 e. The van der Waals surface area contributed by atoms with Crippen molar-refractivity contribution >= 4 is 16.7 Å². The van der Waals surface area contributed by atoms with E-state index in [1.807, 2.05) is 18.2 Å². The van der Waals surface area contributed by atoms with Crippen LogP contribution in [0.1, 0.15) is 36.0 Å². The third-order valence-corrected chi connectivity index (χ3v) is 6.48. The molecule has 0 radical (unpaired) electrons. The standard InChI is InChI=1S/C26H27NO2/c28-26(21-9-5-10-21)27-16-19-14-22-11-4-8-20-12-13-24(23(15-19)25(20)22)29-17-18-6-2-1-3-7-18/h1-4,6-8,11-13,19,21H,5,9-10,14-17H2,(H,27,28). The Morgan fingerprint density at radius 1 is 0.966 bits per heavy atom. The number of carbonyl (C=O) groups excluding carboxylic acids is 1. The normalized spacial score (nSPS) is 18.3. The molecule has 0 aromatic heterocycles. The highest BCUT2D eigenvalue weighted by molar-refractivity contribution is 5.91. The van der Waals surface area contributed by atoms with Gasteiger partial charge in [0.15, 0.2) is 0 Å². The van der Waals surface area contributed by atoms with Crippen molar-refractivity contribution in [1.29, 1.82) is 0 Å². The SMILES string of the molecule is O=C(NCC1Cc2cccc3ccc(OCc4ccccc4)c(c23)C1)C1CCC1. The Balaban J connectivity index is 1.37. The molecule has 0 bridgehead atoms. The number of nitrogens with one attached hydrogen (secondary N) is 1. The molecule has 2 aliphatic carbocycles. The molecule has 0 aliphatic heterocycles. The van der Waals surface area contributed by atoms with Crippen LogP contribution in [0.25, 0.3) is 10.8 Å². The van der Waals surface area contributed by atoms with Gasteiger partial charge in [-0.2, -0.15) is 0 Å². The molecule has 3 aromatic carbocycles. The fourth-order valence-corrected chi connectivity index (χ4v) is 4.64. The van der Waals surface area contributed by atoms with E-state index in [4.69, 9.17) is 4.74 Å². The average molecular weight is 386 g/mol. The highest BCUT2D eigenvalue weighted by Crippen LogP contribution is 2.38. The quantitative estimate of drug-likeness (QED) is 0.645. The zero-order valence-corrected chi connectivity index (χ0v) is 16.7. The van der Waals surface area contributed by atoms with Crippen molar-refractivity contribution in [3.8, 4) is 5.75 Å². The Bertz CT molecular complexity index is 1020. The highest BCUT2D eigenvalue weighted by atomic mass is 16.5. The second kappa shape index (κ2) is 7.90. The molecule has 5 rings (SSSR count). The van der Waals surface area contributed by atoms with Gasteiger partial charge in [-0.25, -0.2) is 0 Å². The topological polar surface area (TPSA) is 38.3 Å². The average Bonchev–Trinajstić information content (AvgIpc) is 2.71. The van der Waals surface area contributed by atoms with E-state index in [9.17, 15) is 4.79 Å². The first kappa shape index (κ1) is 18.2. The first-order valence-electron chi connectivity index (χ1n) is 10.8. The molecular formula is C26H27NO2. The number of carbonyl (C=O) groups is 1. The van der Waals surface area contributed by atoms with Gasteiger partial charge in [0, 0.05) is 18.0 Å². The van der Waals surface area contributed by atoms with Crippen molar-refractivity contribution in [3.05, 3.63) is 77.4 Å². The summed E-state index contributed by atoms with van der Waals surface area (Å²) in [6.07, 6.45) is 5.26. The molecule has 1 N–H and O–H groups in total. The summed E-state index contributed by atoms with van der Waals surface area (Å²) in [6.45, 7) is 1.32. The van der Waals surface area contributed by atoms with Gasteiger partial charge in [-0.15, -0.1) is 0 Å². The van der Waals surface area contributed by atoms with Crippen LogP contribution < -0.4 is 10.1 Å². The van der Waals surface area contributed by atoms with Crippen LogP contribution in [0.2, 0.25) is 0 Å². The van der Waals surface area contributed by atoms with Crippen molar-refractivity contribution in [3.63, 3.8) is 0 Å². The van der Waals surface area contributed by atoms with E-state index in [0.29, 0.717) is 12.5 Å². The number of ether oxygens (including phenoxy) is 1. The molecule has 1 atom stereocenters. The zero-order valence-electron chi connectivity index (χ0n) is 16.7. The van der Waals surface area contributed by atoms with Gasteiger partial charge in [-0.3, -0.25) is 4.79 Å². The maximum Gasteiger partial charge on any atom is 0.223 e. The van der Waals surface area contributed by atoms with E-state index in [-0.39, 0.29) is 11.8 Å². The van der Waals surface area contributed by atoms with E-state index in [1.165, 1.54) is 33.9 Å². The molecule has 0 saturated heterocycles. The minimum absolute atomic E-state index is 0.244. The van der Waals surface area contributed by atoms with Crippen molar-refractivity contribution in [2.24, 2.45) is 11.8 Å². The molecule has 0 heterocycles. The lowest BCUT2D eigenvalue weighted by atomic mass is 9.81. The van der Waals surface area contributed by atoms with Crippen molar-refractivity contribution in [2.45, 2.75) is 38.7 Å². The largest absolute Gasteiger partial charge is 0.489 e. The van der Waals surface area contributed by atoms with Gasteiger partial charge >= 0.3 is 0 Å². The van der Waals surface area contributed by atoms with Gasteiger partial charge in [-0.1, -0.05) is 61.0 Å². The van der Waals surface area contributed by atoms with Crippen molar-refractivity contribution in [2.75, 3.05) is 6.54 Å². The van der Waals surface area contributed by atoms with Crippen molar-refractivity contribution < 1.29 is 9.53 Å². The molecule has 148 valence electrons. The summed E-state index contributed by atoms with van der Waals surface area (Å²) in [5, 5.41) is 5.84. The van der Waals surface area contributed by atoms with Crippen molar-refractivity contribution in [1.82, 2.24) is 5.32 Å². The molecule has 0 spiro atoms. The summed E-state index contributed by atoms with van der Waals surface area (Å²) in [7, 11) is 0. The van der Waals surface area contributed by atoms with E-state index in [1.54, 1.807) is 0 Å². The van der Waals surface area contributed by atoms with E-state index in [2.05, 4.69) is 47.8 Å². The van der Waals surface area contributed by atoms with Crippen LogP contribution in [0.15, 0.2) is 60.7 Å². The minimum atomic E-state index is 0.244. The van der Waals surface area contributed by atoms with Gasteiger partial charge in [0.2, 0.25) is 5.91 Å². The summed E-state index contributed by atoms with van der Waals surface area (Å²) < 4.78 is 6.26. The third kappa shape index (κ3) is 3.74. The van der Waals surface area contributed by atoms with Gasteiger partial charge in [0.25, 0.3) is 0 Å². The second-order valence-electron chi connectivity index (χ2n) is 8.48.